The first-order chi connectivity index (χ1) is 8.66. The highest BCUT2D eigenvalue weighted by Crippen LogP contribution is 2.45. The van der Waals surface area contributed by atoms with Crippen molar-refractivity contribution in [1.29, 1.82) is 0 Å². The summed E-state index contributed by atoms with van der Waals surface area (Å²) in [5.74, 6) is 0.240. The normalized spacial score (nSPS) is 32.3. The molecule has 3 nitrogen and oxygen atoms in total. The standard InChI is InChI=1S/C16H31NO2/c1-10(2)9-11(3)17-14-8-7-13(15(18)19)16(5,6)12(14)4/h10-14,17H,7-9H2,1-6H3,(H,18,19). The van der Waals surface area contributed by atoms with Gasteiger partial charge >= 0.3 is 5.97 Å². The highest BCUT2D eigenvalue weighted by molar-refractivity contribution is 5.71. The van der Waals surface area contributed by atoms with Gasteiger partial charge in [-0.3, -0.25) is 4.79 Å². The number of aliphatic carboxylic acids is 1. The topological polar surface area (TPSA) is 49.3 Å². The van der Waals surface area contributed by atoms with Crippen molar-refractivity contribution >= 4 is 5.97 Å². The van der Waals surface area contributed by atoms with Crippen molar-refractivity contribution in [3.8, 4) is 0 Å². The van der Waals surface area contributed by atoms with Crippen LogP contribution >= 0.6 is 0 Å². The summed E-state index contributed by atoms with van der Waals surface area (Å²) in [6.07, 6.45) is 2.94. The summed E-state index contributed by atoms with van der Waals surface area (Å²) in [6, 6.07) is 0.948. The molecule has 0 aromatic carbocycles. The number of hydrogen-bond donors (Lipinski definition) is 2. The average Bonchev–Trinajstić information content (AvgIpc) is 2.23. The number of hydrogen-bond acceptors (Lipinski definition) is 2. The van der Waals surface area contributed by atoms with Crippen LogP contribution in [0, 0.1) is 23.2 Å². The van der Waals surface area contributed by atoms with E-state index in [0.717, 1.165) is 12.8 Å². The zero-order valence-corrected chi connectivity index (χ0v) is 13.4. The van der Waals surface area contributed by atoms with Crippen LogP contribution in [-0.2, 0) is 4.79 Å². The van der Waals surface area contributed by atoms with Gasteiger partial charge in [0.2, 0.25) is 0 Å². The highest BCUT2D eigenvalue weighted by atomic mass is 16.4. The van der Waals surface area contributed by atoms with E-state index < -0.39 is 5.97 Å². The van der Waals surface area contributed by atoms with E-state index in [1.807, 2.05) is 0 Å². The van der Waals surface area contributed by atoms with Gasteiger partial charge in [-0.25, -0.2) is 0 Å². The molecule has 0 amide bonds. The zero-order chi connectivity index (χ0) is 14.8. The quantitative estimate of drug-likeness (QED) is 0.802. The van der Waals surface area contributed by atoms with Gasteiger partial charge in [0.1, 0.15) is 0 Å². The van der Waals surface area contributed by atoms with Gasteiger partial charge in [-0.05, 0) is 43.4 Å². The maximum absolute atomic E-state index is 11.4. The Morgan fingerprint density at radius 1 is 1.32 bits per heavy atom. The van der Waals surface area contributed by atoms with E-state index in [-0.39, 0.29) is 11.3 Å². The SMILES string of the molecule is CC(C)CC(C)NC1CCC(C(=O)O)C(C)(C)C1C. The Balaban J connectivity index is 2.67. The molecule has 1 rings (SSSR count). The number of rotatable bonds is 5. The van der Waals surface area contributed by atoms with Crippen molar-refractivity contribution in [3.05, 3.63) is 0 Å². The predicted octanol–water partition coefficient (Wildman–Crippen LogP) is 3.54. The van der Waals surface area contributed by atoms with Gasteiger partial charge in [-0.2, -0.15) is 0 Å². The lowest BCUT2D eigenvalue weighted by molar-refractivity contribution is -0.150. The maximum Gasteiger partial charge on any atom is 0.307 e. The van der Waals surface area contributed by atoms with Crippen molar-refractivity contribution in [1.82, 2.24) is 5.32 Å². The predicted molar refractivity (Wildman–Crippen MR) is 79.1 cm³/mol. The fraction of sp³-hybridized carbons (Fsp3) is 0.938. The summed E-state index contributed by atoms with van der Waals surface area (Å²) in [5.41, 5.74) is -0.140. The van der Waals surface area contributed by atoms with Gasteiger partial charge in [0.15, 0.2) is 0 Å². The van der Waals surface area contributed by atoms with Crippen molar-refractivity contribution in [2.24, 2.45) is 23.2 Å². The summed E-state index contributed by atoms with van der Waals surface area (Å²) in [4.78, 5) is 11.4. The molecule has 0 aromatic rings. The molecule has 0 saturated heterocycles. The second-order valence-corrected chi connectivity index (χ2v) is 7.38. The molecular weight excluding hydrogens is 238 g/mol. The minimum absolute atomic E-state index is 0.140. The number of nitrogens with one attached hydrogen (secondary N) is 1. The molecule has 4 unspecified atom stereocenters. The lowest BCUT2D eigenvalue weighted by Crippen LogP contribution is -2.53. The summed E-state index contributed by atoms with van der Waals surface area (Å²) >= 11 is 0. The first-order valence-electron chi connectivity index (χ1n) is 7.65. The Labute approximate surface area is 118 Å². The summed E-state index contributed by atoms with van der Waals surface area (Å²) in [5, 5.41) is 13.1. The third-order valence-electron chi connectivity index (χ3n) is 5.06. The van der Waals surface area contributed by atoms with Gasteiger partial charge in [0.05, 0.1) is 5.92 Å². The van der Waals surface area contributed by atoms with Crippen molar-refractivity contribution in [2.75, 3.05) is 0 Å². The number of carboxylic acids is 1. The van der Waals surface area contributed by atoms with Crippen molar-refractivity contribution in [2.45, 2.75) is 72.9 Å². The van der Waals surface area contributed by atoms with Gasteiger partial charge in [-0.1, -0.05) is 34.6 Å². The van der Waals surface area contributed by atoms with E-state index in [2.05, 4.69) is 46.9 Å². The molecule has 0 spiro atoms. The Morgan fingerprint density at radius 3 is 2.37 bits per heavy atom. The molecule has 2 N–H and O–H groups in total. The van der Waals surface area contributed by atoms with Crippen LogP contribution in [0.25, 0.3) is 0 Å². The average molecular weight is 269 g/mol. The van der Waals surface area contributed by atoms with Crippen LogP contribution in [0.5, 0.6) is 0 Å². The third-order valence-corrected chi connectivity index (χ3v) is 5.06. The van der Waals surface area contributed by atoms with E-state index in [4.69, 9.17) is 0 Å². The molecule has 1 fully saturated rings. The van der Waals surface area contributed by atoms with E-state index in [1.54, 1.807) is 0 Å². The second-order valence-electron chi connectivity index (χ2n) is 7.38. The molecule has 1 aliphatic rings. The van der Waals surface area contributed by atoms with Gasteiger partial charge in [0.25, 0.3) is 0 Å². The molecule has 0 radical (unpaired) electrons. The van der Waals surface area contributed by atoms with Crippen LogP contribution in [0.1, 0.15) is 60.8 Å². The van der Waals surface area contributed by atoms with E-state index in [9.17, 15) is 9.90 Å². The fourth-order valence-electron chi connectivity index (χ4n) is 3.61. The molecule has 0 aromatic heterocycles. The lowest BCUT2D eigenvalue weighted by atomic mass is 9.61. The van der Waals surface area contributed by atoms with Crippen LogP contribution in [0.4, 0.5) is 0 Å². The molecule has 3 heteroatoms. The second kappa shape index (κ2) is 6.25. The molecule has 112 valence electrons. The first-order valence-corrected chi connectivity index (χ1v) is 7.65. The zero-order valence-electron chi connectivity index (χ0n) is 13.4. The van der Waals surface area contributed by atoms with E-state index in [0.29, 0.717) is 23.9 Å². The maximum atomic E-state index is 11.4. The van der Waals surface area contributed by atoms with E-state index >= 15 is 0 Å². The van der Waals surface area contributed by atoms with E-state index in [1.165, 1.54) is 6.42 Å². The molecule has 1 saturated carbocycles. The molecule has 19 heavy (non-hydrogen) atoms. The largest absolute Gasteiger partial charge is 0.481 e. The van der Waals surface area contributed by atoms with Gasteiger partial charge in [-0.15, -0.1) is 0 Å². The summed E-state index contributed by atoms with van der Waals surface area (Å²) in [7, 11) is 0. The monoisotopic (exact) mass is 269 g/mol. The van der Waals surface area contributed by atoms with Gasteiger partial charge < -0.3 is 10.4 Å². The third kappa shape index (κ3) is 3.95. The molecule has 0 bridgehead atoms. The van der Waals surface area contributed by atoms with Crippen LogP contribution in [0.15, 0.2) is 0 Å². The first kappa shape index (κ1) is 16.5. The Morgan fingerprint density at radius 2 is 1.89 bits per heavy atom. The van der Waals surface area contributed by atoms with Gasteiger partial charge in [0, 0.05) is 12.1 Å². The number of carbonyl (C=O) groups is 1. The Bertz CT molecular complexity index is 312. The molecule has 0 aliphatic heterocycles. The summed E-state index contributed by atoms with van der Waals surface area (Å²) < 4.78 is 0. The Hall–Kier alpha value is -0.570. The number of carboxylic acid groups (broad SMARTS) is 1. The van der Waals surface area contributed by atoms with Crippen molar-refractivity contribution in [3.63, 3.8) is 0 Å². The molecular formula is C16H31NO2. The molecule has 4 atom stereocenters. The van der Waals surface area contributed by atoms with Crippen LogP contribution in [0.3, 0.4) is 0 Å². The molecule has 1 aliphatic carbocycles. The fourth-order valence-corrected chi connectivity index (χ4v) is 3.61. The van der Waals surface area contributed by atoms with Crippen LogP contribution < -0.4 is 5.32 Å². The van der Waals surface area contributed by atoms with Crippen molar-refractivity contribution < 1.29 is 9.90 Å². The smallest absolute Gasteiger partial charge is 0.307 e. The Kier molecular flexibility index (Phi) is 5.43. The lowest BCUT2D eigenvalue weighted by Gasteiger charge is -2.47. The minimum atomic E-state index is -0.634. The van der Waals surface area contributed by atoms with Crippen LogP contribution in [-0.4, -0.2) is 23.2 Å². The highest BCUT2D eigenvalue weighted by Gasteiger charge is 2.46. The minimum Gasteiger partial charge on any atom is -0.481 e. The molecule has 0 heterocycles. The van der Waals surface area contributed by atoms with Crippen LogP contribution in [0.2, 0.25) is 0 Å². The summed E-state index contributed by atoms with van der Waals surface area (Å²) in [6.45, 7) is 13.1.